The van der Waals surface area contributed by atoms with Crippen molar-refractivity contribution in [1.29, 1.82) is 0 Å². The highest BCUT2D eigenvalue weighted by atomic mass is 32.1. The van der Waals surface area contributed by atoms with Crippen molar-refractivity contribution in [2.24, 2.45) is 0 Å². The van der Waals surface area contributed by atoms with Crippen molar-refractivity contribution in [3.63, 3.8) is 0 Å². The minimum atomic E-state index is -0.514. The van der Waals surface area contributed by atoms with Gasteiger partial charge < -0.3 is 10.1 Å². The maximum absolute atomic E-state index is 13.5. The van der Waals surface area contributed by atoms with Gasteiger partial charge in [0.1, 0.15) is 21.9 Å². The first-order valence-electron chi connectivity index (χ1n) is 12.1. The summed E-state index contributed by atoms with van der Waals surface area (Å²) >= 11 is 2.64. The van der Waals surface area contributed by atoms with Gasteiger partial charge in [-0.1, -0.05) is 54.1 Å². The lowest BCUT2D eigenvalue weighted by Gasteiger charge is -2.10. The van der Waals surface area contributed by atoms with Crippen molar-refractivity contribution in [1.82, 2.24) is 9.55 Å². The molecule has 0 aliphatic rings. The highest BCUT2D eigenvalue weighted by molar-refractivity contribution is 7.17. The number of fused-ring (bicyclic) bond motifs is 1. The zero-order valence-electron chi connectivity index (χ0n) is 21.1. The van der Waals surface area contributed by atoms with E-state index in [0.717, 1.165) is 27.8 Å². The molecule has 2 aromatic carbocycles. The van der Waals surface area contributed by atoms with Gasteiger partial charge in [0, 0.05) is 21.9 Å². The molecule has 0 fully saturated rings. The van der Waals surface area contributed by atoms with Crippen LogP contribution in [0.2, 0.25) is 0 Å². The number of amides is 1. The van der Waals surface area contributed by atoms with Gasteiger partial charge in [0.05, 0.1) is 18.3 Å². The standard InChI is InChI=1S/C29H25N3O4S2/c1-4-36-29(35)25-21(19-8-6-5-7-9-19)14-38-27(25)31-23(33)13-32-16-30-26-24(28(32)34)22(15-37-26)20-11-10-17(2)12-18(20)3/h5-12,14-16H,4,13H2,1-3H3,(H,31,33). The van der Waals surface area contributed by atoms with Crippen molar-refractivity contribution < 1.29 is 14.3 Å². The number of aromatic nitrogens is 2. The molecular formula is C29H25N3O4S2. The third-order valence-electron chi connectivity index (χ3n) is 6.16. The molecule has 0 atom stereocenters. The number of aryl methyl sites for hydroxylation is 2. The molecule has 9 heteroatoms. The molecular weight excluding hydrogens is 518 g/mol. The minimum absolute atomic E-state index is 0.209. The fourth-order valence-corrected chi connectivity index (χ4v) is 6.27. The van der Waals surface area contributed by atoms with Crippen LogP contribution in [-0.2, 0) is 16.1 Å². The van der Waals surface area contributed by atoms with Crippen LogP contribution in [0.5, 0.6) is 0 Å². The fourth-order valence-electron chi connectivity index (χ4n) is 4.40. The molecule has 38 heavy (non-hydrogen) atoms. The molecule has 0 spiro atoms. The van der Waals surface area contributed by atoms with Crippen LogP contribution in [0.15, 0.2) is 70.4 Å². The molecule has 0 bridgehead atoms. The Bertz CT molecular complexity index is 1720. The number of carbonyl (C=O) groups is 2. The number of carbonyl (C=O) groups excluding carboxylic acids is 2. The Morgan fingerprint density at radius 2 is 1.76 bits per heavy atom. The lowest BCUT2D eigenvalue weighted by molar-refractivity contribution is -0.116. The Balaban J connectivity index is 1.46. The van der Waals surface area contributed by atoms with Crippen molar-refractivity contribution in [3.8, 4) is 22.3 Å². The summed E-state index contributed by atoms with van der Waals surface area (Å²) in [7, 11) is 0. The number of rotatable bonds is 7. The second-order valence-corrected chi connectivity index (χ2v) is 10.6. The van der Waals surface area contributed by atoms with Gasteiger partial charge in [0.2, 0.25) is 5.91 Å². The average molecular weight is 544 g/mol. The molecule has 5 rings (SSSR count). The van der Waals surface area contributed by atoms with E-state index in [0.29, 0.717) is 26.3 Å². The van der Waals surface area contributed by atoms with Crippen LogP contribution >= 0.6 is 22.7 Å². The van der Waals surface area contributed by atoms with Gasteiger partial charge in [-0.25, -0.2) is 9.78 Å². The van der Waals surface area contributed by atoms with E-state index in [-0.39, 0.29) is 18.7 Å². The molecule has 3 aromatic heterocycles. The van der Waals surface area contributed by atoms with Crippen LogP contribution in [0.3, 0.4) is 0 Å². The Kier molecular flexibility index (Phi) is 7.22. The number of benzene rings is 2. The first-order valence-corrected chi connectivity index (χ1v) is 13.8. The van der Waals surface area contributed by atoms with Crippen LogP contribution in [-0.4, -0.2) is 28.0 Å². The molecule has 0 aliphatic heterocycles. The smallest absolute Gasteiger partial charge is 0.341 e. The number of hydrogen-bond donors (Lipinski definition) is 1. The highest BCUT2D eigenvalue weighted by Gasteiger charge is 2.23. The summed E-state index contributed by atoms with van der Waals surface area (Å²) in [6.45, 7) is 5.74. The van der Waals surface area contributed by atoms with E-state index < -0.39 is 11.9 Å². The monoisotopic (exact) mass is 543 g/mol. The van der Waals surface area contributed by atoms with Crippen LogP contribution in [0, 0.1) is 13.8 Å². The Morgan fingerprint density at radius 1 is 1.00 bits per heavy atom. The molecule has 0 radical (unpaired) electrons. The average Bonchev–Trinajstić information content (AvgIpc) is 3.51. The summed E-state index contributed by atoms with van der Waals surface area (Å²) in [5.74, 6) is -0.955. The predicted molar refractivity (Wildman–Crippen MR) is 153 cm³/mol. The molecule has 1 amide bonds. The van der Waals surface area contributed by atoms with Crippen molar-refractivity contribution in [2.45, 2.75) is 27.3 Å². The maximum Gasteiger partial charge on any atom is 0.341 e. The van der Waals surface area contributed by atoms with Gasteiger partial charge in [-0.05, 0) is 37.5 Å². The van der Waals surface area contributed by atoms with Gasteiger partial charge in [0.25, 0.3) is 5.56 Å². The first kappa shape index (κ1) is 25.6. The van der Waals surface area contributed by atoms with Crippen molar-refractivity contribution >= 4 is 49.8 Å². The second-order valence-electron chi connectivity index (χ2n) is 8.81. The van der Waals surface area contributed by atoms with Gasteiger partial charge in [-0.15, -0.1) is 22.7 Å². The summed E-state index contributed by atoms with van der Waals surface area (Å²) in [5.41, 5.74) is 5.52. The largest absolute Gasteiger partial charge is 0.462 e. The quantitative estimate of drug-likeness (QED) is 0.244. The lowest BCUT2D eigenvalue weighted by Crippen LogP contribution is -2.28. The molecule has 0 aliphatic carbocycles. The maximum atomic E-state index is 13.5. The number of ether oxygens (including phenoxy) is 1. The summed E-state index contributed by atoms with van der Waals surface area (Å²) < 4.78 is 6.57. The van der Waals surface area contributed by atoms with E-state index in [4.69, 9.17) is 4.74 Å². The molecule has 0 unspecified atom stereocenters. The molecule has 0 saturated carbocycles. The number of anilines is 1. The Morgan fingerprint density at radius 3 is 2.50 bits per heavy atom. The zero-order valence-corrected chi connectivity index (χ0v) is 22.7. The first-order chi connectivity index (χ1) is 18.4. The van der Waals surface area contributed by atoms with Crippen LogP contribution < -0.4 is 10.9 Å². The zero-order chi connectivity index (χ0) is 26.8. The topological polar surface area (TPSA) is 90.3 Å². The Hall–Kier alpha value is -4.08. The van der Waals surface area contributed by atoms with E-state index in [2.05, 4.69) is 16.4 Å². The van der Waals surface area contributed by atoms with E-state index in [9.17, 15) is 14.4 Å². The number of nitrogens with zero attached hydrogens (tertiary/aromatic N) is 2. The van der Waals surface area contributed by atoms with E-state index in [1.807, 2.05) is 67.1 Å². The molecule has 5 aromatic rings. The second kappa shape index (κ2) is 10.7. The minimum Gasteiger partial charge on any atom is -0.462 e. The lowest BCUT2D eigenvalue weighted by atomic mass is 9.99. The third-order valence-corrected chi connectivity index (χ3v) is 7.94. The fraction of sp³-hybridized carbons (Fsp3) is 0.172. The van der Waals surface area contributed by atoms with Crippen LogP contribution in [0.1, 0.15) is 28.4 Å². The SMILES string of the molecule is CCOC(=O)c1c(-c2ccccc2)csc1NC(=O)Cn1cnc2scc(-c3ccc(C)cc3C)c2c1=O. The molecule has 0 saturated heterocycles. The summed E-state index contributed by atoms with van der Waals surface area (Å²) in [5, 5.41) is 7.43. The van der Waals surface area contributed by atoms with Gasteiger partial charge in [-0.3, -0.25) is 14.2 Å². The molecule has 7 nitrogen and oxygen atoms in total. The van der Waals surface area contributed by atoms with E-state index in [1.54, 1.807) is 6.92 Å². The number of nitrogens with one attached hydrogen (secondary N) is 1. The predicted octanol–water partition coefficient (Wildman–Crippen LogP) is 6.29. The Labute approximate surface area is 227 Å². The van der Waals surface area contributed by atoms with Crippen LogP contribution in [0.4, 0.5) is 5.00 Å². The van der Waals surface area contributed by atoms with Crippen molar-refractivity contribution in [2.75, 3.05) is 11.9 Å². The van der Waals surface area contributed by atoms with Gasteiger partial charge in [-0.2, -0.15) is 0 Å². The molecule has 1 N–H and O–H groups in total. The van der Waals surface area contributed by atoms with Gasteiger partial charge >= 0.3 is 5.97 Å². The number of hydrogen-bond acceptors (Lipinski definition) is 7. The summed E-state index contributed by atoms with van der Waals surface area (Å²) in [6.07, 6.45) is 1.39. The molecule has 3 heterocycles. The van der Waals surface area contributed by atoms with Gasteiger partial charge in [0.15, 0.2) is 0 Å². The summed E-state index contributed by atoms with van der Waals surface area (Å²) in [4.78, 5) is 44.5. The summed E-state index contributed by atoms with van der Waals surface area (Å²) in [6, 6.07) is 15.5. The van der Waals surface area contributed by atoms with E-state index >= 15 is 0 Å². The highest BCUT2D eigenvalue weighted by Crippen LogP contribution is 2.36. The number of thiophene rings is 2. The van der Waals surface area contributed by atoms with Crippen molar-refractivity contribution in [3.05, 3.63) is 92.7 Å². The normalized spacial score (nSPS) is 11.0. The molecule has 192 valence electrons. The third kappa shape index (κ3) is 4.90. The van der Waals surface area contributed by atoms with Crippen LogP contribution in [0.25, 0.3) is 32.5 Å². The number of esters is 1. The van der Waals surface area contributed by atoms with E-state index in [1.165, 1.54) is 33.6 Å².